The van der Waals surface area contributed by atoms with Crippen LogP contribution in [0.5, 0.6) is 0 Å². The highest BCUT2D eigenvalue weighted by Gasteiger charge is 2.35. The van der Waals surface area contributed by atoms with E-state index < -0.39 is 29.9 Å². The van der Waals surface area contributed by atoms with Crippen molar-refractivity contribution in [1.29, 1.82) is 0 Å². The van der Waals surface area contributed by atoms with Crippen LogP contribution >= 0.6 is 0 Å². The van der Waals surface area contributed by atoms with Crippen LogP contribution in [0.4, 0.5) is 10.5 Å². The van der Waals surface area contributed by atoms with E-state index in [4.69, 9.17) is 9.57 Å². The van der Waals surface area contributed by atoms with E-state index in [2.05, 4.69) is 10.1 Å². The number of esters is 1. The van der Waals surface area contributed by atoms with Gasteiger partial charge in [-0.1, -0.05) is 42.3 Å². The van der Waals surface area contributed by atoms with Gasteiger partial charge in [0.05, 0.1) is 13.5 Å². The van der Waals surface area contributed by atoms with Crippen LogP contribution in [0.2, 0.25) is 0 Å². The van der Waals surface area contributed by atoms with Gasteiger partial charge in [0.15, 0.2) is 0 Å². The van der Waals surface area contributed by atoms with Crippen LogP contribution in [0.1, 0.15) is 43.2 Å². The summed E-state index contributed by atoms with van der Waals surface area (Å²) in [6, 6.07) is 13.1. The highest BCUT2D eigenvalue weighted by Crippen LogP contribution is 2.45. The molecular weight excluding hydrogens is 456 g/mol. The smallest absolute Gasteiger partial charge is 0.469 e. The summed E-state index contributed by atoms with van der Waals surface area (Å²) in [5.41, 5.74) is 4.16. The summed E-state index contributed by atoms with van der Waals surface area (Å²) in [4.78, 5) is 64.3. The van der Waals surface area contributed by atoms with Crippen LogP contribution in [0.15, 0.2) is 42.5 Å². The standard InChI is InChI=1S/C25H24N2O8/c1-14(11-23(30)33-2)24(31)26-15-7-8-18-16-5-3-4-6-17(16)20(19(18)12-15)13-34-25(32)35-27-21(28)9-10-22(27)29/h3-8,12,14,20H,9-11,13H2,1-2H3,(H,26,31). The molecule has 1 aliphatic heterocycles. The summed E-state index contributed by atoms with van der Waals surface area (Å²) in [5, 5.41) is 3.24. The van der Waals surface area contributed by atoms with Gasteiger partial charge in [-0.3, -0.25) is 24.0 Å². The number of amides is 3. The largest absolute Gasteiger partial charge is 0.533 e. The molecule has 0 aromatic heterocycles. The van der Waals surface area contributed by atoms with E-state index in [1.165, 1.54) is 7.11 Å². The number of benzene rings is 2. The lowest BCUT2D eigenvalue weighted by molar-refractivity contribution is -0.177. The van der Waals surface area contributed by atoms with Gasteiger partial charge in [0.2, 0.25) is 5.91 Å². The van der Waals surface area contributed by atoms with Crippen molar-refractivity contribution >= 4 is 35.5 Å². The lowest BCUT2D eigenvalue weighted by Crippen LogP contribution is -2.32. The third kappa shape index (κ3) is 5.01. The first-order valence-electron chi connectivity index (χ1n) is 11.1. The van der Waals surface area contributed by atoms with Crippen LogP contribution in [0, 0.1) is 5.92 Å². The quantitative estimate of drug-likeness (QED) is 0.473. The Hall–Kier alpha value is -4.21. The van der Waals surface area contributed by atoms with Crippen molar-refractivity contribution in [3.63, 3.8) is 0 Å². The normalized spacial score (nSPS) is 16.9. The molecule has 1 N–H and O–H groups in total. The molecule has 4 rings (SSSR count). The molecule has 10 nitrogen and oxygen atoms in total. The number of anilines is 1. The molecule has 0 bridgehead atoms. The number of nitrogens with one attached hydrogen (secondary N) is 1. The minimum atomic E-state index is -1.15. The Labute approximate surface area is 201 Å². The fourth-order valence-electron chi connectivity index (χ4n) is 4.17. The summed E-state index contributed by atoms with van der Waals surface area (Å²) >= 11 is 0. The maximum atomic E-state index is 12.5. The molecule has 0 radical (unpaired) electrons. The van der Waals surface area contributed by atoms with E-state index in [1.54, 1.807) is 19.1 Å². The molecule has 35 heavy (non-hydrogen) atoms. The second-order valence-corrected chi connectivity index (χ2v) is 8.35. The fourth-order valence-corrected chi connectivity index (χ4v) is 4.17. The Morgan fingerprint density at radius 1 is 1.03 bits per heavy atom. The average molecular weight is 480 g/mol. The van der Waals surface area contributed by atoms with Gasteiger partial charge in [-0.15, -0.1) is 0 Å². The molecule has 2 aromatic rings. The summed E-state index contributed by atoms with van der Waals surface area (Å²) in [6.45, 7) is 1.53. The number of carbonyl (C=O) groups is 5. The Morgan fingerprint density at radius 2 is 1.71 bits per heavy atom. The van der Waals surface area contributed by atoms with E-state index >= 15 is 0 Å². The van der Waals surface area contributed by atoms with E-state index in [1.807, 2.05) is 30.3 Å². The topological polar surface area (TPSA) is 128 Å². The lowest BCUT2D eigenvalue weighted by Gasteiger charge is -2.17. The van der Waals surface area contributed by atoms with Crippen molar-refractivity contribution in [3.05, 3.63) is 53.6 Å². The molecule has 3 amide bonds. The number of ether oxygens (including phenoxy) is 2. The molecule has 0 saturated carbocycles. The first-order chi connectivity index (χ1) is 16.8. The third-order valence-electron chi connectivity index (χ3n) is 6.01. The van der Waals surface area contributed by atoms with Gasteiger partial charge in [-0.2, -0.15) is 0 Å². The van der Waals surface area contributed by atoms with Crippen LogP contribution in [-0.2, 0) is 33.5 Å². The van der Waals surface area contributed by atoms with Crippen LogP contribution in [-0.4, -0.2) is 48.6 Å². The molecular formula is C25H24N2O8. The summed E-state index contributed by atoms with van der Waals surface area (Å²) < 4.78 is 9.89. The van der Waals surface area contributed by atoms with Crippen LogP contribution < -0.4 is 5.32 Å². The fraction of sp³-hybridized carbons (Fsp3) is 0.320. The third-order valence-corrected chi connectivity index (χ3v) is 6.01. The van der Waals surface area contributed by atoms with Crippen molar-refractivity contribution in [3.8, 4) is 11.1 Å². The Morgan fingerprint density at radius 3 is 2.43 bits per heavy atom. The Kier molecular flexibility index (Phi) is 6.81. The van der Waals surface area contributed by atoms with Crippen molar-refractivity contribution in [2.24, 2.45) is 5.92 Å². The van der Waals surface area contributed by atoms with Gasteiger partial charge in [0, 0.05) is 30.4 Å². The second-order valence-electron chi connectivity index (χ2n) is 8.35. The maximum absolute atomic E-state index is 12.5. The van der Waals surface area contributed by atoms with Gasteiger partial charge in [-0.05, 0) is 34.4 Å². The predicted octanol–water partition coefficient (Wildman–Crippen LogP) is 3.15. The monoisotopic (exact) mass is 480 g/mol. The molecule has 1 aliphatic carbocycles. The number of fused-ring (bicyclic) bond motifs is 3. The molecule has 1 saturated heterocycles. The maximum Gasteiger partial charge on any atom is 0.533 e. The number of hydrogen-bond acceptors (Lipinski definition) is 8. The number of imide groups is 1. The minimum absolute atomic E-state index is 0.0117. The summed E-state index contributed by atoms with van der Waals surface area (Å²) in [5.74, 6) is -2.93. The molecule has 2 aliphatic rings. The van der Waals surface area contributed by atoms with Crippen molar-refractivity contribution < 1.29 is 38.3 Å². The zero-order valence-corrected chi connectivity index (χ0v) is 19.2. The molecule has 1 fully saturated rings. The van der Waals surface area contributed by atoms with Crippen molar-refractivity contribution in [2.75, 3.05) is 19.0 Å². The zero-order chi connectivity index (χ0) is 25.1. The number of nitrogens with zero attached hydrogens (tertiary/aromatic N) is 1. The van der Waals surface area contributed by atoms with Crippen LogP contribution in [0.3, 0.4) is 0 Å². The summed E-state index contributed by atoms with van der Waals surface area (Å²) in [6.07, 6.45) is -1.22. The Balaban J connectivity index is 1.49. The van der Waals surface area contributed by atoms with E-state index in [9.17, 15) is 24.0 Å². The number of rotatable bonds is 7. The number of carbonyl (C=O) groups excluding carboxylic acids is 5. The summed E-state index contributed by atoms with van der Waals surface area (Å²) in [7, 11) is 1.27. The van der Waals surface area contributed by atoms with Gasteiger partial charge in [-0.25, -0.2) is 4.79 Å². The molecule has 2 aromatic carbocycles. The molecule has 1 heterocycles. The highest BCUT2D eigenvalue weighted by atomic mass is 16.8. The van der Waals surface area contributed by atoms with E-state index in [0.717, 1.165) is 22.3 Å². The lowest BCUT2D eigenvalue weighted by atomic mass is 9.97. The molecule has 2 atom stereocenters. The highest BCUT2D eigenvalue weighted by molar-refractivity contribution is 6.01. The number of hydroxylamine groups is 2. The first-order valence-corrected chi connectivity index (χ1v) is 11.1. The van der Waals surface area contributed by atoms with Gasteiger partial charge >= 0.3 is 12.1 Å². The molecule has 182 valence electrons. The van der Waals surface area contributed by atoms with E-state index in [-0.39, 0.29) is 37.7 Å². The minimum Gasteiger partial charge on any atom is -0.469 e. The average Bonchev–Trinajstić information content (AvgIpc) is 3.33. The molecule has 2 unspecified atom stereocenters. The predicted molar refractivity (Wildman–Crippen MR) is 122 cm³/mol. The zero-order valence-electron chi connectivity index (χ0n) is 19.2. The Bertz CT molecular complexity index is 1190. The molecule has 0 spiro atoms. The number of methoxy groups -OCH3 is 1. The first kappa shape index (κ1) is 23.9. The van der Waals surface area contributed by atoms with Crippen LogP contribution in [0.25, 0.3) is 11.1 Å². The van der Waals surface area contributed by atoms with Crippen molar-refractivity contribution in [2.45, 2.75) is 32.1 Å². The van der Waals surface area contributed by atoms with Gasteiger partial charge < -0.3 is 14.8 Å². The SMILES string of the molecule is COC(=O)CC(C)C(=O)Nc1ccc2c(c1)C(COC(=O)ON1C(=O)CCC1=O)c1ccccc1-2. The van der Waals surface area contributed by atoms with E-state index in [0.29, 0.717) is 10.8 Å². The number of hydrogen-bond donors (Lipinski definition) is 1. The van der Waals surface area contributed by atoms with Gasteiger partial charge in [0.25, 0.3) is 11.8 Å². The molecule has 10 heteroatoms. The second kappa shape index (κ2) is 9.96. The van der Waals surface area contributed by atoms with Gasteiger partial charge in [0.1, 0.15) is 6.61 Å². The van der Waals surface area contributed by atoms with Crippen molar-refractivity contribution in [1.82, 2.24) is 5.06 Å².